The fourth-order valence-corrected chi connectivity index (χ4v) is 0.876. The summed E-state index contributed by atoms with van der Waals surface area (Å²) in [5, 5.41) is 19.2. The summed E-state index contributed by atoms with van der Waals surface area (Å²) in [5.74, 6) is -0.444. The van der Waals surface area contributed by atoms with Crippen LogP contribution in [0.3, 0.4) is 0 Å². The van der Waals surface area contributed by atoms with Gasteiger partial charge in [-0.15, -0.1) is 0 Å². The highest BCUT2D eigenvalue weighted by Crippen LogP contribution is 2.38. The van der Waals surface area contributed by atoms with Crippen LogP contribution in [0.15, 0.2) is 10.6 Å². The SMILES string of the molecule is O=[N+]([O-])c1c(O)c2cnc1o2. The van der Waals surface area contributed by atoms with Crippen LogP contribution in [0.1, 0.15) is 0 Å². The van der Waals surface area contributed by atoms with Crippen LogP contribution in [0, 0.1) is 10.1 Å². The van der Waals surface area contributed by atoms with E-state index in [0.717, 1.165) is 0 Å². The lowest BCUT2D eigenvalue weighted by molar-refractivity contribution is -0.384. The second-order valence-electron chi connectivity index (χ2n) is 1.98. The molecule has 0 unspecified atom stereocenters. The Balaban J connectivity index is 2.81. The fourth-order valence-electron chi connectivity index (χ4n) is 0.876. The number of oxazole rings is 1. The third-order valence-electron chi connectivity index (χ3n) is 1.35. The van der Waals surface area contributed by atoms with E-state index in [-0.39, 0.29) is 11.3 Å². The van der Waals surface area contributed by atoms with E-state index < -0.39 is 16.4 Å². The summed E-state index contributed by atoms with van der Waals surface area (Å²) in [6, 6.07) is 0. The summed E-state index contributed by atoms with van der Waals surface area (Å²) in [7, 11) is 0. The highest BCUT2D eigenvalue weighted by molar-refractivity contribution is 5.79. The minimum absolute atomic E-state index is 0.0479. The lowest BCUT2D eigenvalue weighted by Gasteiger charge is -1.85. The summed E-state index contributed by atoms with van der Waals surface area (Å²) in [5.41, 5.74) is -0.545. The van der Waals surface area contributed by atoms with Gasteiger partial charge in [0.15, 0.2) is 5.58 Å². The van der Waals surface area contributed by atoms with Crippen molar-refractivity contribution in [3.8, 4) is 5.75 Å². The molecule has 56 valence electrons. The Bertz CT molecular complexity index is 407. The second kappa shape index (κ2) is 1.60. The summed E-state index contributed by atoms with van der Waals surface area (Å²) in [4.78, 5) is 13.0. The molecule has 0 radical (unpaired) electrons. The van der Waals surface area contributed by atoms with Crippen LogP contribution in [0.4, 0.5) is 5.69 Å². The van der Waals surface area contributed by atoms with Gasteiger partial charge < -0.3 is 9.52 Å². The van der Waals surface area contributed by atoms with E-state index >= 15 is 0 Å². The maximum absolute atomic E-state index is 10.2. The molecule has 0 fully saturated rings. The lowest BCUT2D eigenvalue weighted by atomic mass is 10.4. The minimum Gasteiger partial charge on any atom is -0.499 e. The highest BCUT2D eigenvalue weighted by Gasteiger charge is 2.27. The zero-order chi connectivity index (χ0) is 8.01. The number of aromatic nitrogens is 1. The number of aromatic hydroxyl groups is 1. The molecule has 0 saturated carbocycles. The number of hydrogen-bond acceptors (Lipinski definition) is 5. The monoisotopic (exact) mass is 154 g/mol. The Hall–Kier alpha value is -1.85. The van der Waals surface area contributed by atoms with Gasteiger partial charge in [-0.1, -0.05) is 0 Å². The molecule has 2 heterocycles. The van der Waals surface area contributed by atoms with E-state index in [1.807, 2.05) is 0 Å². The average molecular weight is 154 g/mol. The molecule has 1 N–H and O–H groups in total. The molecule has 0 spiro atoms. The van der Waals surface area contributed by atoms with Crippen molar-refractivity contribution in [3.05, 3.63) is 16.3 Å². The summed E-state index contributed by atoms with van der Waals surface area (Å²) in [6.45, 7) is 0. The molecule has 6 nitrogen and oxygen atoms in total. The number of nitrogens with zero attached hydrogens (tertiary/aromatic N) is 2. The molecular formula is C5H2N2O4. The Morgan fingerprint density at radius 2 is 2.45 bits per heavy atom. The zero-order valence-electron chi connectivity index (χ0n) is 5.14. The van der Waals surface area contributed by atoms with Gasteiger partial charge in [-0.25, -0.2) is 4.98 Å². The standard InChI is InChI=1S/C5H2N2O4/c8-4-2-1-6-5(11-2)3(4)7(9)10/h1H,(H,6,8). The molecule has 0 aromatic carbocycles. The van der Waals surface area contributed by atoms with Crippen LogP contribution in [0.2, 0.25) is 0 Å². The smallest absolute Gasteiger partial charge is 0.376 e. The van der Waals surface area contributed by atoms with E-state index in [1.165, 1.54) is 6.20 Å². The normalized spacial score (nSPS) is 10.9. The number of hydrogen-bond donors (Lipinski definition) is 1. The molecule has 0 amide bonds. The summed E-state index contributed by atoms with van der Waals surface area (Å²) < 4.78 is 4.70. The molecule has 2 rings (SSSR count). The van der Waals surface area contributed by atoms with Gasteiger partial charge in [0.05, 0.1) is 11.1 Å². The average Bonchev–Trinajstić information content (AvgIpc) is 2.44. The van der Waals surface area contributed by atoms with Gasteiger partial charge >= 0.3 is 11.4 Å². The predicted molar refractivity (Wildman–Crippen MR) is 33.5 cm³/mol. The molecule has 2 aromatic rings. The topological polar surface area (TPSA) is 89.4 Å². The van der Waals surface area contributed by atoms with Crippen LogP contribution in [0.5, 0.6) is 5.75 Å². The Labute approximate surface area is 59.6 Å². The van der Waals surface area contributed by atoms with Gasteiger partial charge in [0.1, 0.15) is 0 Å². The first-order valence-electron chi connectivity index (χ1n) is 2.74. The van der Waals surface area contributed by atoms with Gasteiger partial charge in [-0.3, -0.25) is 10.1 Å². The Morgan fingerprint density at radius 3 is 2.82 bits per heavy atom. The quantitative estimate of drug-likeness (QED) is 0.486. The van der Waals surface area contributed by atoms with Crippen molar-refractivity contribution in [1.29, 1.82) is 0 Å². The number of furan rings is 1. The molecular weight excluding hydrogens is 152 g/mol. The summed E-state index contributed by atoms with van der Waals surface area (Å²) >= 11 is 0. The van der Waals surface area contributed by atoms with Crippen LogP contribution in [0.25, 0.3) is 11.3 Å². The van der Waals surface area contributed by atoms with Gasteiger partial charge in [-0.2, -0.15) is 0 Å². The zero-order valence-corrected chi connectivity index (χ0v) is 5.14. The van der Waals surface area contributed by atoms with Crippen molar-refractivity contribution in [2.24, 2.45) is 0 Å². The van der Waals surface area contributed by atoms with Crippen molar-refractivity contribution >= 4 is 17.0 Å². The van der Waals surface area contributed by atoms with Crippen molar-refractivity contribution in [2.75, 3.05) is 0 Å². The maximum Gasteiger partial charge on any atom is 0.376 e. The van der Waals surface area contributed by atoms with E-state index in [4.69, 9.17) is 9.52 Å². The van der Waals surface area contributed by atoms with Crippen LogP contribution in [-0.2, 0) is 0 Å². The van der Waals surface area contributed by atoms with Crippen LogP contribution in [-0.4, -0.2) is 15.0 Å². The van der Waals surface area contributed by atoms with Gasteiger partial charge in [0, 0.05) is 0 Å². The predicted octanol–water partition coefficient (Wildman–Crippen LogP) is 0.879. The Morgan fingerprint density at radius 1 is 1.73 bits per heavy atom. The van der Waals surface area contributed by atoms with Gasteiger partial charge in [0.25, 0.3) is 0 Å². The minimum atomic E-state index is -0.728. The molecule has 0 aliphatic heterocycles. The van der Waals surface area contributed by atoms with Crippen molar-refractivity contribution in [2.45, 2.75) is 0 Å². The molecule has 0 aliphatic rings. The molecule has 11 heavy (non-hydrogen) atoms. The second-order valence-corrected chi connectivity index (χ2v) is 1.98. The molecule has 2 bridgehead atoms. The molecule has 0 saturated heterocycles. The maximum atomic E-state index is 10.2. The van der Waals surface area contributed by atoms with Crippen LogP contribution < -0.4 is 0 Å². The van der Waals surface area contributed by atoms with Crippen molar-refractivity contribution in [1.82, 2.24) is 4.98 Å². The molecule has 2 aromatic heterocycles. The van der Waals surface area contributed by atoms with Crippen molar-refractivity contribution in [3.63, 3.8) is 0 Å². The first-order chi connectivity index (χ1) is 5.20. The fraction of sp³-hybridized carbons (Fsp3) is 0. The molecule has 0 atom stereocenters. The highest BCUT2D eigenvalue weighted by atomic mass is 16.6. The van der Waals surface area contributed by atoms with Gasteiger partial charge in [-0.05, 0) is 0 Å². The molecule has 6 heteroatoms. The first-order valence-corrected chi connectivity index (χ1v) is 2.74. The third-order valence-corrected chi connectivity index (χ3v) is 1.35. The summed E-state index contributed by atoms with van der Waals surface area (Å²) in [6.07, 6.45) is 1.23. The van der Waals surface area contributed by atoms with E-state index in [1.54, 1.807) is 0 Å². The number of nitro groups is 1. The number of fused-ring (bicyclic) bond motifs is 2. The van der Waals surface area contributed by atoms with E-state index in [0.29, 0.717) is 0 Å². The Kier molecular flexibility index (Phi) is 0.857. The third kappa shape index (κ3) is 0.575. The van der Waals surface area contributed by atoms with E-state index in [2.05, 4.69) is 4.98 Å². The molecule has 0 aliphatic carbocycles. The lowest BCUT2D eigenvalue weighted by Crippen LogP contribution is -1.87. The number of rotatable bonds is 1. The first kappa shape index (κ1) is 5.90. The number of pyridine rings is 1. The van der Waals surface area contributed by atoms with Crippen LogP contribution >= 0.6 is 0 Å². The largest absolute Gasteiger partial charge is 0.499 e. The van der Waals surface area contributed by atoms with E-state index in [9.17, 15) is 10.1 Å². The van der Waals surface area contributed by atoms with Crippen molar-refractivity contribution < 1.29 is 14.4 Å². The van der Waals surface area contributed by atoms with Gasteiger partial charge in [0.2, 0.25) is 5.75 Å².